The lowest BCUT2D eigenvalue weighted by Gasteiger charge is -2.12. The Morgan fingerprint density at radius 1 is 1.00 bits per heavy atom. The highest BCUT2D eigenvalue weighted by Crippen LogP contribution is 2.38. The van der Waals surface area contributed by atoms with E-state index in [9.17, 15) is 4.79 Å². The highest BCUT2D eigenvalue weighted by Gasteiger charge is 2.12. The number of rotatable bonds is 8. The van der Waals surface area contributed by atoms with Crippen molar-refractivity contribution < 1.29 is 23.7 Å². The Hall–Kier alpha value is -3.10. The summed E-state index contributed by atoms with van der Waals surface area (Å²) in [6.07, 6.45) is 3.11. The average Bonchev–Trinajstić information content (AvgIpc) is 3.10. The van der Waals surface area contributed by atoms with E-state index in [4.69, 9.17) is 18.9 Å². The number of aryl methyl sites for hydroxylation is 2. The van der Waals surface area contributed by atoms with Crippen LogP contribution in [0.4, 0.5) is 0 Å². The smallest absolute Gasteiger partial charge is 0.272 e. The summed E-state index contributed by atoms with van der Waals surface area (Å²) in [6.45, 7) is 5.30. The van der Waals surface area contributed by atoms with Crippen LogP contribution in [-0.2, 0) is 16.1 Å². The number of carbonyl (C=O) groups is 1. The van der Waals surface area contributed by atoms with Gasteiger partial charge in [-0.25, -0.2) is 0 Å². The largest absolute Gasteiger partial charge is 0.493 e. The third-order valence-corrected chi connectivity index (χ3v) is 6.17. The summed E-state index contributed by atoms with van der Waals surface area (Å²) >= 11 is 1.49. The Balaban J connectivity index is 1.98. The van der Waals surface area contributed by atoms with Crippen LogP contribution in [-0.4, -0.2) is 45.5 Å². The normalized spacial score (nSPS) is 12.0. The zero-order valence-electron chi connectivity index (χ0n) is 19.2. The first kappa shape index (κ1) is 23.6. The van der Waals surface area contributed by atoms with Gasteiger partial charge in [0.2, 0.25) is 5.75 Å². The van der Waals surface area contributed by atoms with Crippen molar-refractivity contribution in [2.24, 2.45) is 4.99 Å². The van der Waals surface area contributed by atoms with Gasteiger partial charge in [0.15, 0.2) is 16.3 Å². The van der Waals surface area contributed by atoms with Crippen molar-refractivity contribution in [1.82, 2.24) is 4.57 Å². The van der Waals surface area contributed by atoms with Crippen LogP contribution in [0.1, 0.15) is 16.7 Å². The number of hydrogen-bond donors (Lipinski definition) is 0. The summed E-state index contributed by atoms with van der Waals surface area (Å²) in [5.74, 6) is 1.18. The highest BCUT2D eigenvalue weighted by molar-refractivity contribution is 7.16. The molecule has 1 amide bonds. The molecule has 0 N–H and O–H groups in total. The topological polar surface area (TPSA) is 71.3 Å². The number of carbonyl (C=O) groups excluding carboxylic acids is 1. The molecule has 170 valence electrons. The van der Waals surface area contributed by atoms with E-state index in [0.717, 1.165) is 15.8 Å². The lowest BCUT2D eigenvalue weighted by atomic mass is 10.1. The minimum absolute atomic E-state index is 0.357. The van der Waals surface area contributed by atoms with Crippen LogP contribution in [0.3, 0.4) is 0 Å². The zero-order chi connectivity index (χ0) is 23.3. The number of nitrogens with zero attached hydrogens (tertiary/aromatic N) is 2. The van der Waals surface area contributed by atoms with Gasteiger partial charge < -0.3 is 23.5 Å². The lowest BCUT2D eigenvalue weighted by Crippen LogP contribution is -2.19. The van der Waals surface area contributed by atoms with Crippen molar-refractivity contribution >= 4 is 33.5 Å². The summed E-state index contributed by atoms with van der Waals surface area (Å²) in [5.41, 5.74) is 4.19. The molecule has 0 atom stereocenters. The van der Waals surface area contributed by atoms with Crippen molar-refractivity contribution in [2.75, 3.05) is 35.0 Å². The van der Waals surface area contributed by atoms with Gasteiger partial charge in [0.25, 0.3) is 5.91 Å². The maximum absolute atomic E-state index is 12.7. The number of amides is 1. The van der Waals surface area contributed by atoms with Gasteiger partial charge in [-0.3, -0.25) is 4.79 Å². The summed E-state index contributed by atoms with van der Waals surface area (Å²) < 4.78 is 24.4. The fourth-order valence-corrected chi connectivity index (χ4v) is 4.44. The molecule has 3 aromatic rings. The van der Waals surface area contributed by atoms with E-state index in [-0.39, 0.29) is 5.91 Å². The van der Waals surface area contributed by atoms with Crippen LogP contribution in [0.2, 0.25) is 0 Å². The first-order valence-corrected chi connectivity index (χ1v) is 10.9. The molecule has 2 aromatic carbocycles. The number of methoxy groups -OCH3 is 4. The van der Waals surface area contributed by atoms with E-state index in [1.54, 1.807) is 46.6 Å². The standard InChI is InChI=1S/C24H28N2O5S/c1-15-11-18-21(12-16(15)2)32-24(26(18)9-10-28-3)25-22(27)8-7-17-13-19(29-4)23(31-6)20(14-17)30-5/h7-8,11-14H,9-10H2,1-6H3. The molecule has 7 nitrogen and oxygen atoms in total. The van der Waals surface area contributed by atoms with Gasteiger partial charge in [-0.05, 0) is 60.9 Å². The Bertz CT molecular complexity index is 1200. The second-order valence-corrected chi connectivity index (χ2v) is 8.18. The molecule has 0 radical (unpaired) electrons. The summed E-state index contributed by atoms with van der Waals surface area (Å²) in [6, 6.07) is 7.81. The quantitative estimate of drug-likeness (QED) is 0.477. The molecule has 0 saturated heterocycles. The third kappa shape index (κ3) is 5.03. The molecule has 1 heterocycles. The Morgan fingerprint density at radius 2 is 1.66 bits per heavy atom. The Morgan fingerprint density at radius 3 is 2.25 bits per heavy atom. The van der Waals surface area contributed by atoms with Crippen LogP contribution in [0.25, 0.3) is 16.3 Å². The monoisotopic (exact) mass is 456 g/mol. The number of aromatic nitrogens is 1. The molecule has 3 rings (SSSR count). The maximum Gasteiger partial charge on any atom is 0.272 e. The zero-order valence-corrected chi connectivity index (χ0v) is 20.0. The highest BCUT2D eigenvalue weighted by atomic mass is 32.1. The fraction of sp³-hybridized carbons (Fsp3) is 0.333. The van der Waals surface area contributed by atoms with Crippen LogP contribution >= 0.6 is 11.3 Å². The number of fused-ring (bicyclic) bond motifs is 1. The first-order chi connectivity index (χ1) is 15.4. The van der Waals surface area contributed by atoms with Crippen LogP contribution in [0.5, 0.6) is 17.2 Å². The van der Waals surface area contributed by atoms with E-state index in [0.29, 0.717) is 35.2 Å². The number of ether oxygens (including phenoxy) is 4. The molecule has 0 aliphatic carbocycles. The minimum Gasteiger partial charge on any atom is -0.493 e. The van der Waals surface area contributed by atoms with E-state index >= 15 is 0 Å². The average molecular weight is 457 g/mol. The lowest BCUT2D eigenvalue weighted by molar-refractivity contribution is -0.113. The predicted molar refractivity (Wildman–Crippen MR) is 127 cm³/mol. The van der Waals surface area contributed by atoms with Crippen molar-refractivity contribution in [3.05, 3.63) is 51.8 Å². The molecule has 0 fully saturated rings. The molecule has 0 bridgehead atoms. The molecule has 0 saturated carbocycles. The molecule has 0 aliphatic heterocycles. The van der Waals surface area contributed by atoms with Crippen LogP contribution in [0, 0.1) is 13.8 Å². The van der Waals surface area contributed by atoms with Gasteiger partial charge in [0.1, 0.15) is 0 Å². The van der Waals surface area contributed by atoms with Crippen molar-refractivity contribution in [1.29, 1.82) is 0 Å². The number of benzene rings is 2. The molecular weight excluding hydrogens is 428 g/mol. The van der Waals surface area contributed by atoms with Gasteiger partial charge in [0.05, 0.1) is 38.2 Å². The number of thiazole rings is 1. The van der Waals surface area contributed by atoms with Crippen LogP contribution < -0.4 is 19.0 Å². The molecule has 1 aromatic heterocycles. The Kier molecular flexibility index (Phi) is 7.71. The number of hydrogen-bond acceptors (Lipinski definition) is 6. The van der Waals surface area contributed by atoms with E-state index in [1.165, 1.54) is 28.5 Å². The molecule has 8 heteroatoms. The van der Waals surface area contributed by atoms with Gasteiger partial charge in [-0.2, -0.15) is 4.99 Å². The molecule has 0 spiro atoms. The van der Waals surface area contributed by atoms with Gasteiger partial charge in [-0.15, -0.1) is 0 Å². The maximum atomic E-state index is 12.7. The predicted octanol–water partition coefficient (Wildman–Crippen LogP) is 4.13. The second-order valence-electron chi connectivity index (χ2n) is 7.18. The van der Waals surface area contributed by atoms with Gasteiger partial charge >= 0.3 is 0 Å². The van der Waals surface area contributed by atoms with Gasteiger partial charge in [-0.1, -0.05) is 11.3 Å². The second kappa shape index (κ2) is 10.5. The van der Waals surface area contributed by atoms with Crippen molar-refractivity contribution in [2.45, 2.75) is 20.4 Å². The molecule has 0 aliphatic rings. The molecular formula is C24H28N2O5S. The van der Waals surface area contributed by atoms with Crippen LogP contribution in [0.15, 0.2) is 35.3 Å². The molecule has 32 heavy (non-hydrogen) atoms. The Labute approximate surface area is 191 Å². The summed E-state index contributed by atoms with van der Waals surface area (Å²) in [5, 5.41) is 0. The SMILES string of the molecule is COCCn1c(=NC(=O)C=Cc2cc(OC)c(OC)c(OC)c2)sc2cc(C)c(C)cc21. The van der Waals surface area contributed by atoms with Gasteiger partial charge in [0, 0.05) is 19.7 Å². The summed E-state index contributed by atoms with van der Waals surface area (Å²) in [7, 11) is 6.31. The summed E-state index contributed by atoms with van der Waals surface area (Å²) in [4.78, 5) is 17.7. The molecule has 0 unspecified atom stereocenters. The van der Waals surface area contributed by atoms with E-state index < -0.39 is 0 Å². The van der Waals surface area contributed by atoms with Crippen molar-refractivity contribution in [3.63, 3.8) is 0 Å². The first-order valence-electron chi connectivity index (χ1n) is 10.1. The van der Waals surface area contributed by atoms with E-state index in [1.807, 2.05) is 4.57 Å². The third-order valence-electron chi connectivity index (χ3n) is 5.13. The fourth-order valence-electron chi connectivity index (χ4n) is 3.30. The van der Waals surface area contributed by atoms with E-state index in [2.05, 4.69) is 31.0 Å². The van der Waals surface area contributed by atoms with Crippen molar-refractivity contribution in [3.8, 4) is 17.2 Å². The minimum atomic E-state index is -0.357.